The molecule has 3 atom stereocenters. The van der Waals surface area contributed by atoms with Crippen molar-refractivity contribution in [2.24, 2.45) is 17.5 Å². The summed E-state index contributed by atoms with van der Waals surface area (Å²) in [5, 5.41) is 27.8. The molecule has 2 aliphatic carbocycles. The summed E-state index contributed by atoms with van der Waals surface area (Å²) in [6, 6.07) is -1.69. The topological polar surface area (TPSA) is 210 Å². The van der Waals surface area contributed by atoms with Crippen molar-refractivity contribution >= 4 is 23.9 Å². The number of hydrazine groups is 1. The highest BCUT2D eigenvalue weighted by Gasteiger charge is 2.49. The van der Waals surface area contributed by atoms with Crippen LogP contribution in [0.3, 0.4) is 0 Å². The smallest absolute Gasteiger partial charge is 0.408 e. The van der Waals surface area contributed by atoms with E-state index in [2.05, 4.69) is 17.6 Å². The van der Waals surface area contributed by atoms with Crippen LogP contribution in [0.15, 0.2) is 11.9 Å². The summed E-state index contributed by atoms with van der Waals surface area (Å²) >= 11 is 0. The minimum atomic E-state index is -1.59. The van der Waals surface area contributed by atoms with Gasteiger partial charge < -0.3 is 46.0 Å². The zero-order valence-corrected chi connectivity index (χ0v) is 29.5. The fourth-order valence-corrected chi connectivity index (χ4v) is 6.53. The van der Waals surface area contributed by atoms with E-state index in [1.165, 1.54) is 55.9 Å². The van der Waals surface area contributed by atoms with E-state index >= 15 is 0 Å². The molecule has 0 aromatic rings. The van der Waals surface area contributed by atoms with Crippen LogP contribution in [0.5, 0.6) is 0 Å². The van der Waals surface area contributed by atoms with E-state index in [-0.39, 0.29) is 18.7 Å². The minimum absolute atomic E-state index is 0.0244. The second-order valence-corrected chi connectivity index (χ2v) is 14.7. The van der Waals surface area contributed by atoms with Crippen molar-refractivity contribution in [2.75, 3.05) is 20.2 Å². The standard InChI is InChI=1S/C26H46N6O8.C7H14/c1-24(2,3)40-23(37)29-14-19(33)31-15-16(32(28)18(13-27)25(4,5)38)12-17(31)21(35)30-26(10-8-7-9-11-26)20(34)22(36)39-6;1-7-5-3-2-4-6-7/h13,16-17,20,34,38H,7-12,14-15,27-28H2,1-6H3,(H,29,37)(H,30,35);7H,2-6H2,1H3/b18-13-;. The molecular weight excluding hydrogens is 608 g/mol. The van der Waals surface area contributed by atoms with Gasteiger partial charge in [-0.25, -0.2) is 15.4 Å². The molecule has 0 spiro atoms. The van der Waals surface area contributed by atoms with Crippen LogP contribution >= 0.6 is 0 Å². The van der Waals surface area contributed by atoms with Gasteiger partial charge in [-0.2, -0.15) is 0 Å². The van der Waals surface area contributed by atoms with Gasteiger partial charge in [-0.15, -0.1) is 0 Å². The highest BCUT2D eigenvalue weighted by Crippen LogP contribution is 2.33. The van der Waals surface area contributed by atoms with Crippen LogP contribution in [0.4, 0.5) is 4.79 Å². The molecule has 8 N–H and O–H groups in total. The second-order valence-electron chi connectivity index (χ2n) is 14.7. The molecule has 0 bridgehead atoms. The van der Waals surface area contributed by atoms with Gasteiger partial charge in [-0.05, 0) is 53.4 Å². The number of hydrogen-bond acceptors (Lipinski definition) is 11. The Morgan fingerprint density at radius 2 is 1.62 bits per heavy atom. The summed E-state index contributed by atoms with van der Waals surface area (Å²) in [5.41, 5.74) is 2.47. The number of aliphatic hydroxyl groups excluding tert-OH is 1. The molecule has 3 unspecified atom stereocenters. The van der Waals surface area contributed by atoms with Gasteiger partial charge in [-0.3, -0.25) is 9.59 Å². The van der Waals surface area contributed by atoms with Crippen molar-refractivity contribution < 1.29 is 38.9 Å². The Hall–Kier alpha value is -3.10. The van der Waals surface area contributed by atoms with Gasteiger partial charge in [0.1, 0.15) is 23.8 Å². The fourth-order valence-electron chi connectivity index (χ4n) is 6.53. The molecule has 0 radical (unpaired) electrons. The number of rotatable bonds is 9. The molecule has 47 heavy (non-hydrogen) atoms. The number of ether oxygens (including phenoxy) is 2. The number of nitrogens with two attached hydrogens (primary N) is 2. The summed E-state index contributed by atoms with van der Waals surface area (Å²) in [6.07, 6.45) is 9.19. The van der Waals surface area contributed by atoms with Gasteiger partial charge in [0.2, 0.25) is 11.8 Å². The SMILES string of the molecule is CC1CCCCC1.COC(=O)C(O)C1(NC(=O)C2CC(N(N)/C(=C\N)C(C)(C)O)CN2C(=O)CNC(=O)OC(C)(C)C)CCCCC1. The number of nitrogens with zero attached hydrogens (tertiary/aromatic N) is 2. The van der Waals surface area contributed by atoms with E-state index in [0.29, 0.717) is 25.7 Å². The molecule has 3 fully saturated rings. The summed E-state index contributed by atoms with van der Waals surface area (Å²) < 4.78 is 9.93. The molecule has 3 rings (SSSR count). The lowest BCUT2D eigenvalue weighted by atomic mass is 9.77. The van der Waals surface area contributed by atoms with Crippen molar-refractivity contribution in [1.29, 1.82) is 0 Å². The van der Waals surface area contributed by atoms with Crippen LogP contribution in [0.2, 0.25) is 0 Å². The van der Waals surface area contributed by atoms with Crippen LogP contribution in [0.25, 0.3) is 0 Å². The van der Waals surface area contributed by atoms with Gasteiger partial charge in [0, 0.05) is 19.2 Å². The van der Waals surface area contributed by atoms with Crippen LogP contribution in [-0.4, -0.2) is 99.1 Å². The molecule has 1 aliphatic heterocycles. The lowest BCUT2D eigenvalue weighted by Crippen LogP contribution is -2.63. The monoisotopic (exact) mass is 668 g/mol. The molecular formula is C33H60N6O8. The first-order valence-corrected chi connectivity index (χ1v) is 16.9. The maximum Gasteiger partial charge on any atom is 0.408 e. The van der Waals surface area contributed by atoms with Crippen molar-refractivity contribution in [3.05, 3.63) is 11.9 Å². The number of amides is 3. The Bertz CT molecular complexity index is 1090. The fraction of sp³-hybridized carbons (Fsp3) is 0.818. The molecule has 270 valence electrons. The van der Waals surface area contributed by atoms with E-state index in [9.17, 15) is 29.4 Å². The first-order chi connectivity index (χ1) is 21.8. The minimum Gasteiger partial charge on any atom is -0.467 e. The molecule has 1 saturated heterocycles. The van der Waals surface area contributed by atoms with E-state index < -0.39 is 65.4 Å². The Kier molecular flexibility index (Phi) is 14.8. The van der Waals surface area contributed by atoms with E-state index in [0.717, 1.165) is 25.6 Å². The quantitative estimate of drug-likeness (QED) is 0.119. The normalized spacial score (nSPS) is 22.7. The molecule has 3 amide bonds. The van der Waals surface area contributed by atoms with Crippen molar-refractivity contribution in [3.8, 4) is 0 Å². The maximum absolute atomic E-state index is 13.8. The number of esters is 1. The van der Waals surface area contributed by atoms with Gasteiger partial charge in [0.25, 0.3) is 0 Å². The summed E-state index contributed by atoms with van der Waals surface area (Å²) in [6.45, 7) is 9.94. The number of methoxy groups -OCH3 is 1. The van der Waals surface area contributed by atoms with Gasteiger partial charge >= 0.3 is 12.1 Å². The van der Waals surface area contributed by atoms with Crippen LogP contribution < -0.4 is 22.2 Å². The number of hydrogen-bond donors (Lipinski definition) is 6. The number of aliphatic hydroxyl groups is 2. The Morgan fingerprint density at radius 3 is 2.09 bits per heavy atom. The highest BCUT2D eigenvalue weighted by atomic mass is 16.6. The lowest BCUT2D eigenvalue weighted by Gasteiger charge is -2.41. The maximum atomic E-state index is 13.8. The highest BCUT2D eigenvalue weighted by molar-refractivity contribution is 5.91. The first kappa shape index (κ1) is 40.1. The van der Waals surface area contributed by atoms with Crippen molar-refractivity contribution in [2.45, 2.75) is 147 Å². The predicted octanol–water partition coefficient (Wildman–Crippen LogP) is 2.17. The molecule has 3 aliphatic rings. The van der Waals surface area contributed by atoms with Crippen LogP contribution in [0.1, 0.15) is 112 Å². The molecule has 0 aromatic heterocycles. The third-order valence-electron chi connectivity index (χ3n) is 9.10. The average molecular weight is 669 g/mol. The third-order valence-corrected chi connectivity index (χ3v) is 9.10. The zero-order chi connectivity index (χ0) is 35.6. The number of carbonyl (C=O) groups is 4. The van der Waals surface area contributed by atoms with Gasteiger partial charge in [0.05, 0.1) is 24.4 Å². The summed E-state index contributed by atoms with van der Waals surface area (Å²) in [4.78, 5) is 52.7. The number of carbonyl (C=O) groups excluding carboxylic acids is 4. The second kappa shape index (κ2) is 17.3. The van der Waals surface area contributed by atoms with E-state index in [4.69, 9.17) is 21.1 Å². The summed E-state index contributed by atoms with van der Waals surface area (Å²) in [7, 11) is 1.16. The third kappa shape index (κ3) is 11.8. The average Bonchev–Trinajstić information content (AvgIpc) is 3.45. The number of likely N-dealkylation sites (tertiary alicyclic amines) is 1. The van der Waals surface area contributed by atoms with Gasteiger partial charge in [-0.1, -0.05) is 58.3 Å². The zero-order valence-electron chi connectivity index (χ0n) is 29.5. The van der Waals surface area contributed by atoms with Gasteiger partial charge in [0.15, 0.2) is 6.10 Å². The Morgan fingerprint density at radius 1 is 1.04 bits per heavy atom. The van der Waals surface area contributed by atoms with E-state index in [1.807, 2.05) is 0 Å². The number of alkyl carbamates (subject to hydrolysis) is 1. The van der Waals surface area contributed by atoms with Crippen molar-refractivity contribution in [3.63, 3.8) is 0 Å². The largest absolute Gasteiger partial charge is 0.467 e. The summed E-state index contributed by atoms with van der Waals surface area (Å²) in [5.74, 6) is 5.32. The molecule has 1 heterocycles. The number of nitrogens with one attached hydrogen (secondary N) is 2. The molecule has 14 heteroatoms. The van der Waals surface area contributed by atoms with Crippen LogP contribution in [-0.2, 0) is 23.9 Å². The molecule has 2 saturated carbocycles. The molecule has 14 nitrogen and oxygen atoms in total. The Labute approximate surface area is 279 Å². The predicted molar refractivity (Wildman–Crippen MR) is 177 cm³/mol. The Balaban J connectivity index is 0.000000965. The van der Waals surface area contributed by atoms with E-state index in [1.54, 1.807) is 20.8 Å². The van der Waals surface area contributed by atoms with Crippen LogP contribution in [0, 0.1) is 5.92 Å². The lowest BCUT2D eigenvalue weighted by molar-refractivity contribution is -0.158. The molecule has 0 aromatic carbocycles. The van der Waals surface area contributed by atoms with Crippen molar-refractivity contribution in [1.82, 2.24) is 20.5 Å². The first-order valence-electron chi connectivity index (χ1n) is 16.9.